The van der Waals surface area contributed by atoms with E-state index in [-0.39, 0.29) is 19.1 Å². The summed E-state index contributed by atoms with van der Waals surface area (Å²) in [5.41, 5.74) is 0. The lowest BCUT2D eigenvalue weighted by atomic mass is 9.79. The molecule has 2 N–H and O–H groups in total. The maximum atomic E-state index is 12.3. The molecule has 5 nitrogen and oxygen atoms in total. The zero-order valence-corrected chi connectivity index (χ0v) is 13.5. The maximum Gasteiger partial charge on any atom is 0.260 e. The van der Waals surface area contributed by atoms with Gasteiger partial charge >= 0.3 is 0 Å². The van der Waals surface area contributed by atoms with Crippen LogP contribution in [0.2, 0.25) is 0 Å². The second-order valence-electron chi connectivity index (χ2n) is 6.58. The molecule has 23 heavy (non-hydrogen) atoms. The van der Waals surface area contributed by atoms with E-state index in [1.54, 1.807) is 0 Å². The Labute approximate surface area is 137 Å². The fraction of sp³-hybridized carbons (Fsp3) is 0.611. The Bertz CT molecular complexity index is 500. The largest absolute Gasteiger partial charge is 0.484 e. The molecular formula is C18H26N2O3. The van der Waals surface area contributed by atoms with Crippen molar-refractivity contribution in [3.63, 3.8) is 0 Å². The first-order chi connectivity index (χ1) is 11.3. The standard InChI is InChI=1S/C18H26N2O3/c21-12-15-10-19-11-17(15)14-6-8-20(9-7-14)18(22)13-23-16-4-2-1-3-5-16/h1-5,14-15,17,19,21H,6-13H2/t15-,17-/m0/s1. The smallest absolute Gasteiger partial charge is 0.260 e. The fourth-order valence-corrected chi connectivity index (χ4v) is 3.84. The van der Waals surface area contributed by atoms with Gasteiger partial charge in [0.1, 0.15) is 5.75 Å². The lowest BCUT2D eigenvalue weighted by Crippen LogP contribution is -2.43. The number of amides is 1. The van der Waals surface area contributed by atoms with E-state index >= 15 is 0 Å². The number of carbonyl (C=O) groups excluding carboxylic acids is 1. The number of benzene rings is 1. The van der Waals surface area contributed by atoms with Crippen LogP contribution in [-0.2, 0) is 4.79 Å². The summed E-state index contributed by atoms with van der Waals surface area (Å²) in [5, 5.41) is 12.8. The molecule has 126 valence electrons. The molecule has 2 aliphatic rings. The Morgan fingerprint density at radius 1 is 1.22 bits per heavy atom. The van der Waals surface area contributed by atoms with Crippen LogP contribution >= 0.6 is 0 Å². The Kier molecular flexibility index (Phi) is 5.51. The molecule has 0 unspecified atom stereocenters. The van der Waals surface area contributed by atoms with E-state index in [0.29, 0.717) is 17.8 Å². The maximum absolute atomic E-state index is 12.3. The van der Waals surface area contributed by atoms with Crippen molar-refractivity contribution in [1.82, 2.24) is 10.2 Å². The minimum Gasteiger partial charge on any atom is -0.484 e. The zero-order valence-electron chi connectivity index (χ0n) is 13.5. The van der Waals surface area contributed by atoms with Crippen LogP contribution in [-0.4, -0.2) is 55.3 Å². The first-order valence-corrected chi connectivity index (χ1v) is 8.55. The molecule has 2 heterocycles. The van der Waals surface area contributed by atoms with Crippen molar-refractivity contribution in [2.45, 2.75) is 12.8 Å². The number of likely N-dealkylation sites (tertiary alicyclic amines) is 1. The zero-order chi connectivity index (χ0) is 16.1. The van der Waals surface area contributed by atoms with Crippen LogP contribution in [0.5, 0.6) is 5.75 Å². The highest BCUT2D eigenvalue weighted by atomic mass is 16.5. The van der Waals surface area contributed by atoms with Gasteiger partial charge in [-0.15, -0.1) is 0 Å². The van der Waals surface area contributed by atoms with Crippen molar-refractivity contribution in [2.75, 3.05) is 39.4 Å². The molecule has 2 aliphatic heterocycles. The van der Waals surface area contributed by atoms with Crippen molar-refractivity contribution in [2.24, 2.45) is 17.8 Å². The average Bonchev–Trinajstić information content (AvgIpc) is 3.09. The number of nitrogens with zero attached hydrogens (tertiary/aromatic N) is 1. The summed E-state index contributed by atoms with van der Waals surface area (Å²) in [6.07, 6.45) is 2.06. The lowest BCUT2D eigenvalue weighted by molar-refractivity contribution is -0.135. The molecule has 1 aromatic carbocycles. The normalized spacial score (nSPS) is 25.5. The van der Waals surface area contributed by atoms with Gasteiger partial charge < -0.3 is 20.1 Å². The molecular weight excluding hydrogens is 292 g/mol. The van der Waals surface area contributed by atoms with Gasteiger partial charge in [0.25, 0.3) is 5.91 Å². The SMILES string of the molecule is O=C(COc1ccccc1)N1CCC([C@@H]2CNC[C@H]2CO)CC1. The highest BCUT2D eigenvalue weighted by Crippen LogP contribution is 2.32. The van der Waals surface area contributed by atoms with Crippen LogP contribution < -0.4 is 10.1 Å². The average molecular weight is 318 g/mol. The van der Waals surface area contributed by atoms with Crippen molar-refractivity contribution in [3.05, 3.63) is 30.3 Å². The third kappa shape index (κ3) is 4.03. The van der Waals surface area contributed by atoms with Gasteiger partial charge in [0.2, 0.25) is 0 Å². The molecule has 0 saturated carbocycles. The number of hydrogen-bond donors (Lipinski definition) is 2. The summed E-state index contributed by atoms with van der Waals surface area (Å²) in [6.45, 7) is 3.90. The molecule has 0 spiro atoms. The number of para-hydroxylation sites is 1. The minimum absolute atomic E-state index is 0.0653. The number of hydrogen-bond acceptors (Lipinski definition) is 4. The van der Waals surface area contributed by atoms with E-state index < -0.39 is 0 Å². The summed E-state index contributed by atoms with van der Waals surface area (Å²) in [4.78, 5) is 14.2. The quantitative estimate of drug-likeness (QED) is 0.854. The third-order valence-electron chi connectivity index (χ3n) is 5.23. The summed E-state index contributed by atoms with van der Waals surface area (Å²) < 4.78 is 5.55. The number of carbonyl (C=O) groups is 1. The Hall–Kier alpha value is -1.59. The van der Waals surface area contributed by atoms with Gasteiger partial charge in [0.05, 0.1) is 0 Å². The van der Waals surface area contributed by atoms with Gasteiger partial charge in [0.15, 0.2) is 6.61 Å². The second kappa shape index (κ2) is 7.79. The summed E-state index contributed by atoms with van der Waals surface area (Å²) >= 11 is 0. The van der Waals surface area contributed by atoms with Crippen molar-refractivity contribution in [1.29, 1.82) is 0 Å². The summed E-state index contributed by atoms with van der Waals surface area (Å²) in [7, 11) is 0. The number of piperidine rings is 1. The van der Waals surface area contributed by atoms with Crippen molar-refractivity contribution < 1.29 is 14.6 Å². The first-order valence-electron chi connectivity index (χ1n) is 8.55. The van der Waals surface area contributed by atoms with Gasteiger partial charge in [-0.2, -0.15) is 0 Å². The predicted molar refractivity (Wildman–Crippen MR) is 88.2 cm³/mol. The first kappa shape index (κ1) is 16.3. The Morgan fingerprint density at radius 3 is 2.65 bits per heavy atom. The van der Waals surface area contributed by atoms with Gasteiger partial charge in [-0.25, -0.2) is 0 Å². The second-order valence-corrected chi connectivity index (χ2v) is 6.58. The van der Waals surface area contributed by atoms with Crippen LogP contribution in [0.25, 0.3) is 0 Å². The fourth-order valence-electron chi connectivity index (χ4n) is 3.84. The predicted octanol–water partition coefficient (Wildman–Crippen LogP) is 1.13. The van der Waals surface area contributed by atoms with Crippen LogP contribution in [0.4, 0.5) is 0 Å². The number of ether oxygens (including phenoxy) is 1. The van der Waals surface area contributed by atoms with Crippen molar-refractivity contribution in [3.8, 4) is 5.75 Å². The summed E-state index contributed by atoms with van der Waals surface area (Å²) in [6, 6.07) is 9.46. The van der Waals surface area contributed by atoms with Crippen LogP contribution in [0, 0.1) is 17.8 Å². The number of nitrogens with one attached hydrogen (secondary N) is 1. The molecule has 1 aromatic rings. The number of aliphatic hydroxyl groups excluding tert-OH is 1. The molecule has 2 atom stereocenters. The molecule has 0 bridgehead atoms. The molecule has 2 fully saturated rings. The highest BCUT2D eigenvalue weighted by molar-refractivity contribution is 5.77. The Balaban J connectivity index is 1.44. The van der Waals surface area contributed by atoms with E-state index in [9.17, 15) is 9.90 Å². The lowest BCUT2D eigenvalue weighted by Gasteiger charge is -2.36. The van der Waals surface area contributed by atoms with Gasteiger partial charge in [0, 0.05) is 26.2 Å². The summed E-state index contributed by atoms with van der Waals surface area (Å²) in [5.74, 6) is 2.34. The van der Waals surface area contributed by atoms with E-state index in [1.807, 2.05) is 35.2 Å². The van der Waals surface area contributed by atoms with Crippen LogP contribution in [0.3, 0.4) is 0 Å². The molecule has 0 aromatic heterocycles. The van der Waals surface area contributed by atoms with Crippen LogP contribution in [0.1, 0.15) is 12.8 Å². The van der Waals surface area contributed by atoms with Gasteiger partial charge in [-0.3, -0.25) is 4.79 Å². The van der Waals surface area contributed by atoms with E-state index in [1.165, 1.54) is 0 Å². The number of rotatable bonds is 5. The Morgan fingerprint density at radius 2 is 1.96 bits per heavy atom. The topological polar surface area (TPSA) is 61.8 Å². The molecule has 3 rings (SSSR count). The third-order valence-corrected chi connectivity index (χ3v) is 5.23. The van der Waals surface area contributed by atoms with E-state index in [2.05, 4.69) is 5.32 Å². The molecule has 1 amide bonds. The number of aliphatic hydroxyl groups is 1. The minimum atomic E-state index is 0.0653. The van der Waals surface area contributed by atoms with Crippen LogP contribution in [0.15, 0.2) is 30.3 Å². The van der Waals surface area contributed by atoms with Gasteiger partial charge in [-0.05, 0) is 49.3 Å². The molecule has 0 aliphatic carbocycles. The molecule has 5 heteroatoms. The monoisotopic (exact) mass is 318 g/mol. The van der Waals surface area contributed by atoms with Crippen molar-refractivity contribution >= 4 is 5.91 Å². The highest BCUT2D eigenvalue weighted by Gasteiger charge is 2.35. The van der Waals surface area contributed by atoms with E-state index in [4.69, 9.17) is 4.74 Å². The molecule has 2 saturated heterocycles. The van der Waals surface area contributed by atoms with Gasteiger partial charge in [-0.1, -0.05) is 18.2 Å². The van der Waals surface area contributed by atoms with E-state index in [0.717, 1.165) is 44.8 Å². The molecule has 0 radical (unpaired) electrons.